The normalized spacial score (nSPS) is 11.3. The number of hydrogen-bond acceptors (Lipinski definition) is 4. The van der Waals surface area contributed by atoms with Gasteiger partial charge in [-0.3, -0.25) is 14.6 Å². The maximum Gasteiger partial charge on any atom is 0.276 e. The van der Waals surface area contributed by atoms with Crippen LogP contribution in [0, 0.1) is 13.8 Å². The molecule has 0 spiro atoms. The fourth-order valence-corrected chi connectivity index (χ4v) is 2.87. The molecule has 4 aromatic rings. The number of rotatable bonds is 2. The summed E-state index contributed by atoms with van der Waals surface area (Å²) in [7, 11) is 1.85. The number of hydrogen-bond donors (Lipinski definition) is 2. The molecule has 0 saturated heterocycles. The molecule has 0 aliphatic carbocycles. The van der Waals surface area contributed by atoms with Gasteiger partial charge in [0.15, 0.2) is 11.3 Å². The summed E-state index contributed by atoms with van der Waals surface area (Å²) >= 11 is 0. The topological polar surface area (TPSA) is 88.5 Å². The molecule has 0 fully saturated rings. The third kappa shape index (κ3) is 2.21. The Labute approximate surface area is 137 Å². The van der Waals surface area contributed by atoms with Crippen LogP contribution in [0.25, 0.3) is 21.9 Å². The minimum atomic E-state index is -0.269. The predicted molar refractivity (Wildman–Crippen MR) is 92.0 cm³/mol. The highest BCUT2D eigenvalue weighted by Crippen LogP contribution is 2.21. The van der Waals surface area contributed by atoms with Crippen molar-refractivity contribution in [3.63, 3.8) is 0 Å². The fourth-order valence-electron chi connectivity index (χ4n) is 2.87. The lowest BCUT2D eigenvalue weighted by Crippen LogP contribution is -2.13. The number of aromatic amines is 1. The summed E-state index contributed by atoms with van der Waals surface area (Å²) in [5.41, 5.74) is 4.56. The minimum absolute atomic E-state index is 0.269. The van der Waals surface area contributed by atoms with Crippen LogP contribution in [-0.4, -0.2) is 30.9 Å². The number of aryl methyl sites for hydroxylation is 3. The monoisotopic (exact) mass is 320 g/mol. The van der Waals surface area contributed by atoms with Crippen LogP contribution in [-0.2, 0) is 7.05 Å². The van der Waals surface area contributed by atoms with E-state index in [9.17, 15) is 4.79 Å². The molecule has 0 radical (unpaired) electrons. The number of amides is 1. The predicted octanol–water partition coefficient (Wildman–Crippen LogP) is 2.71. The first-order valence-corrected chi connectivity index (χ1v) is 7.58. The second-order valence-electron chi connectivity index (χ2n) is 5.88. The Hall–Kier alpha value is -3.22. The molecule has 0 saturated carbocycles. The van der Waals surface area contributed by atoms with Crippen LogP contribution in [0.3, 0.4) is 0 Å². The molecular weight excluding hydrogens is 304 g/mol. The van der Waals surface area contributed by atoms with Crippen molar-refractivity contribution in [2.24, 2.45) is 7.05 Å². The van der Waals surface area contributed by atoms with E-state index in [0.29, 0.717) is 11.4 Å². The molecule has 7 heteroatoms. The van der Waals surface area contributed by atoms with Crippen LogP contribution >= 0.6 is 0 Å². The Morgan fingerprint density at radius 1 is 1.21 bits per heavy atom. The summed E-state index contributed by atoms with van der Waals surface area (Å²) in [6.45, 7) is 3.90. The van der Waals surface area contributed by atoms with E-state index in [-0.39, 0.29) is 5.91 Å². The molecule has 120 valence electrons. The summed E-state index contributed by atoms with van der Waals surface area (Å²) in [6, 6.07) is 7.72. The van der Waals surface area contributed by atoms with Gasteiger partial charge in [-0.25, -0.2) is 4.98 Å². The number of benzene rings is 1. The maximum atomic E-state index is 12.6. The van der Waals surface area contributed by atoms with Crippen molar-refractivity contribution in [3.8, 4) is 0 Å². The van der Waals surface area contributed by atoms with Gasteiger partial charge in [-0.1, -0.05) is 11.6 Å². The Morgan fingerprint density at radius 3 is 2.88 bits per heavy atom. The van der Waals surface area contributed by atoms with Crippen molar-refractivity contribution in [1.82, 2.24) is 25.0 Å². The van der Waals surface area contributed by atoms with Crippen LogP contribution in [0.1, 0.15) is 21.7 Å². The number of carbonyl (C=O) groups excluding carboxylic acids is 1. The van der Waals surface area contributed by atoms with Gasteiger partial charge < -0.3 is 5.32 Å². The van der Waals surface area contributed by atoms with Crippen molar-refractivity contribution in [1.29, 1.82) is 0 Å². The number of pyridine rings is 1. The number of fused-ring (bicyclic) bond motifs is 2. The maximum absolute atomic E-state index is 12.6. The quantitative estimate of drug-likeness (QED) is 0.594. The van der Waals surface area contributed by atoms with Gasteiger partial charge in [0.2, 0.25) is 0 Å². The minimum Gasteiger partial charge on any atom is -0.319 e. The first-order valence-electron chi connectivity index (χ1n) is 7.58. The van der Waals surface area contributed by atoms with E-state index >= 15 is 0 Å². The van der Waals surface area contributed by atoms with Gasteiger partial charge in [0.1, 0.15) is 0 Å². The molecule has 2 N–H and O–H groups in total. The molecule has 0 unspecified atom stereocenters. The van der Waals surface area contributed by atoms with Crippen molar-refractivity contribution in [3.05, 3.63) is 47.4 Å². The molecule has 7 nitrogen and oxygen atoms in total. The zero-order chi connectivity index (χ0) is 16.8. The number of anilines is 1. The molecule has 4 rings (SSSR count). The zero-order valence-corrected chi connectivity index (χ0v) is 13.6. The van der Waals surface area contributed by atoms with Crippen LogP contribution in [0.5, 0.6) is 0 Å². The molecular formula is C17H16N6O. The zero-order valence-electron chi connectivity index (χ0n) is 13.6. The summed E-state index contributed by atoms with van der Waals surface area (Å²) < 4.78 is 1.72. The Bertz CT molecular complexity index is 1090. The lowest BCUT2D eigenvalue weighted by molar-refractivity contribution is 0.102. The highest BCUT2D eigenvalue weighted by molar-refractivity contribution is 6.11. The van der Waals surface area contributed by atoms with Gasteiger partial charge in [-0.2, -0.15) is 10.2 Å². The third-order valence-corrected chi connectivity index (χ3v) is 4.05. The standard InChI is InChI=1S/C17H16N6O/c1-9-4-5-14-13(6-9)15(21-20-14)17(24)19-11-7-12-10(2)22-23(3)16(12)18-8-11/h4-8H,1-3H3,(H,19,24)(H,20,21). The lowest BCUT2D eigenvalue weighted by Gasteiger charge is -2.04. The van der Waals surface area contributed by atoms with Crippen LogP contribution in [0.2, 0.25) is 0 Å². The second kappa shape index (κ2) is 5.16. The van der Waals surface area contributed by atoms with Crippen molar-refractivity contribution in [2.45, 2.75) is 13.8 Å². The Balaban J connectivity index is 1.70. The van der Waals surface area contributed by atoms with Gasteiger partial charge in [-0.05, 0) is 32.0 Å². The van der Waals surface area contributed by atoms with Gasteiger partial charge >= 0.3 is 0 Å². The number of H-pyrrole nitrogens is 1. The second-order valence-corrected chi connectivity index (χ2v) is 5.88. The van der Waals surface area contributed by atoms with Crippen LogP contribution in [0.4, 0.5) is 5.69 Å². The van der Waals surface area contributed by atoms with Crippen LogP contribution < -0.4 is 5.32 Å². The summed E-state index contributed by atoms with van der Waals surface area (Å²) in [5, 5.41) is 15.9. The van der Waals surface area contributed by atoms with Gasteiger partial charge in [0, 0.05) is 17.8 Å². The van der Waals surface area contributed by atoms with Gasteiger partial charge in [0.25, 0.3) is 5.91 Å². The molecule has 0 bridgehead atoms. The smallest absolute Gasteiger partial charge is 0.276 e. The summed E-state index contributed by atoms with van der Waals surface area (Å²) in [6.07, 6.45) is 1.63. The SMILES string of the molecule is Cc1ccc2[nH]nc(C(=O)Nc3cnc4c(c3)c(C)nn4C)c2c1. The molecule has 0 aliphatic rings. The molecule has 0 atom stereocenters. The van der Waals surface area contributed by atoms with E-state index in [0.717, 1.165) is 33.2 Å². The number of nitrogens with one attached hydrogen (secondary N) is 2. The average molecular weight is 320 g/mol. The first kappa shape index (κ1) is 14.4. The van der Waals surface area contributed by atoms with Crippen LogP contribution in [0.15, 0.2) is 30.5 Å². The van der Waals surface area contributed by atoms with E-state index in [2.05, 4.69) is 25.6 Å². The number of carbonyl (C=O) groups is 1. The van der Waals surface area contributed by atoms with Crippen molar-refractivity contribution in [2.75, 3.05) is 5.32 Å². The summed E-state index contributed by atoms with van der Waals surface area (Å²) in [4.78, 5) is 17.0. The lowest BCUT2D eigenvalue weighted by atomic mass is 10.1. The Morgan fingerprint density at radius 2 is 2.04 bits per heavy atom. The Kier molecular flexibility index (Phi) is 3.09. The van der Waals surface area contributed by atoms with E-state index in [4.69, 9.17) is 0 Å². The van der Waals surface area contributed by atoms with E-state index < -0.39 is 0 Å². The molecule has 3 aromatic heterocycles. The number of aromatic nitrogens is 5. The number of nitrogens with zero attached hydrogens (tertiary/aromatic N) is 4. The highest BCUT2D eigenvalue weighted by atomic mass is 16.1. The molecule has 1 amide bonds. The van der Waals surface area contributed by atoms with Gasteiger partial charge in [0.05, 0.1) is 23.1 Å². The van der Waals surface area contributed by atoms with Gasteiger partial charge in [-0.15, -0.1) is 0 Å². The fraction of sp³-hybridized carbons (Fsp3) is 0.176. The third-order valence-electron chi connectivity index (χ3n) is 4.05. The molecule has 0 aliphatic heterocycles. The van der Waals surface area contributed by atoms with E-state index in [1.165, 1.54) is 0 Å². The first-order chi connectivity index (χ1) is 11.5. The highest BCUT2D eigenvalue weighted by Gasteiger charge is 2.15. The van der Waals surface area contributed by atoms with Crippen molar-refractivity contribution >= 4 is 33.5 Å². The van der Waals surface area contributed by atoms with Crippen molar-refractivity contribution < 1.29 is 4.79 Å². The molecule has 24 heavy (non-hydrogen) atoms. The van der Waals surface area contributed by atoms with E-state index in [1.54, 1.807) is 10.9 Å². The van der Waals surface area contributed by atoms with E-state index in [1.807, 2.05) is 45.2 Å². The molecule has 1 aromatic carbocycles. The average Bonchev–Trinajstić information content (AvgIpc) is 3.08. The largest absolute Gasteiger partial charge is 0.319 e. The summed E-state index contributed by atoms with van der Waals surface area (Å²) in [5.74, 6) is -0.269. The molecule has 3 heterocycles.